The number of anilines is 1. The Bertz CT molecular complexity index is 1090. The molecule has 1 aromatic carbocycles. The Labute approximate surface area is 166 Å². The number of aromatic nitrogens is 3. The third-order valence-electron chi connectivity index (χ3n) is 5.93. The van der Waals surface area contributed by atoms with Gasteiger partial charge in [0.05, 0.1) is 11.4 Å². The quantitative estimate of drug-likeness (QED) is 0.607. The van der Waals surface area contributed by atoms with Crippen molar-refractivity contribution >= 4 is 16.9 Å². The van der Waals surface area contributed by atoms with Gasteiger partial charge >= 0.3 is 0 Å². The van der Waals surface area contributed by atoms with E-state index in [1.807, 2.05) is 19.2 Å². The maximum absolute atomic E-state index is 14.4. The smallest absolute Gasteiger partial charge is 0.154 e. The summed E-state index contributed by atoms with van der Waals surface area (Å²) in [5.74, 6) is 0.183. The van der Waals surface area contributed by atoms with Crippen LogP contribution in [-0.2, 0) is 13.1 Å². The Hall–Kier alpha value is -2.75. The molecule has 29 heavy (non-hydrogen) atoms. The highest BCUT2D eigenvalue weighted by atomic mass is 19.1. The van der Waals surface area contributed by atoms with Gasteiger partial charge in [0.2, 0.25) is 0 Å². The number of halogens is 1. The Morgan fingerprint density at radius 2 is 2.03 bits per heavy atom. The van der Waals surface area contributed by atoms with Crippen molar-refractivity contribution in [2.45, 2.75) is 43.9 Å². The normalized spacial score (nSPS) is 26.9. The molecule has 4 atom stereocenters. The summed E-state index contributed by atoms with van der Waals surface area (Å²) in [6.45, 7) is 1.62. The molecule has 9 heteroatoms. The first-order valence-electron chi connectivity index (χ1n) is 9.52. The van der Waals surface area contributed by atoms with Gasteiger partial charge in [-0.1, -0.05) is 12.1 Å². The fourth-order valence-electron chi connectivity index (χ4n) is 4.50. The summed E-state index contributed by atoms with van der Waals surface area (Å²) in [4.78, 5) is 10.1. The van der Waals surface area contributed by atoms with Crippen LogP contribution in [0.25, 0.3) is 11.0 Å². The van der Waals surface area contributed by atoms with E-state index < -0.39 is 30.2 Å². The number of aliphatic hydroxyl groups excluding tert-OH is 2. The van der Waals surface area contributed by atoms with Crippen molar-refractivity contribution in [3.05, 3.63) is 47.7 Å². The van der Waals surface area contributed by atoms with Crippen LogP contribution in [0.5, 0.6) is 5.75 Å². The molecule has 5 rings (SSSR count). The number of benzene rings is 1. The van der Waals surface area contributed by atoms with Crippen LogP contribution in [0.2, 0.25) is 0 Å². The molecule has 1 fully saturated rings. The van der Waals surface area contributed by atoms with Gasteiger partial charge in [-0.3, -0.25) is 4.90 Å². The molecule has 3 aromatic rings. The van der Waals surface area contributed by atoms with Crippen molar-refractivity contribution in [1.29, 1.82) is 0 Å². The van der Waals surface area contributed by atoms with E-state index in [0.29, 0.717) is 12.2 Å². The molecule has 0 unspecified atom stereocenters. The van der Waals surface area contributed by atoms with E-state index in [1.165, 1.54) is 22.7 Å². The predicted molar refractivity (Wildman–Crippen MR) is 104 cm³/mol. The Morgan fingerprint density at radius 3 is 2.86 bits per heavy atom. The van der Waals surface area contributed by atoms with Crippen molar-refractivity contribution < 1.29 is 19.3 Å². The Morgan fingerprint density at radius 1 is 1.21 bits per heavy atom. The van der Waals surface area contributed by atoms with Crippen LogP contribution >= 0.6 is 0 Å². The predicted octanol–water partition coefficient (Wildman–Crippen LogP) is 1.21. The zero-order valence-corrected chi connectivity index (χ0v) is 15.9. The summed E-state index contributed by atoms with van der Waals surface area (Å²) in [5.41, 5.74) is 8.36. The van der Waals surface area contributed by atoms with E-state index in [4.69, 9.17) is 10.5 Å². The largest absolute Gasteiger partial charge is 0.487 e. The minimum atomic E-state index is -1.13. The molecule has 1 saturated carbocycles. The van der Waals surface area contributed by atoms with E-state index in [9.17, 15) is 14.6 Å². The van der Waals surface area contributed by atoms with Gasteiger partial charge in [0, 0.05) is 31.3 Å². The molecule has 0 radical (unpaired) electrons. The molecule has 1 aliphatic heterocycles. The summed E-state index contributed by atoms with van der Waals surface area (Å²) >= 11 is 0. The second-order valence-electron chi connectivity index (χ2n) is 7.85. The monoisotopic (exact) mass is 399 g/mol. The van der Waals surface area contributed by atoms with Gasteiger partial charge in [0.25, 0.3) is 0 Å². The number of ether oxygens (including phenoxy) is 1. The molecule has 4 N–H and O–H groups in total. The minimum absolute atomic E-state index is 0.0380. The topological polar surface area (TPSA) is 110 Å². The van der Waals surface area contributed by atoms with Crippen molar-refractivity contribution in [3.63, 3.8) is 0 Å². The average molecular weight is 399 g/mol. The number of fused-ring (bicyclic) bond motifs is 2. The number of hydrogen-bond acceptors (Lipinski definition) is 7. The summed E-state index contributed by atoms with van der Waals surface area (Å²) in [6, 6.07) is 5.27. The van der Waals surface area contributed by atoms with Crippen LogP contribution in [0.1, 0.15) is 23.6 Å². The van der Waals surface area contributed by atoms with Gasteiger partial charge in [-0.2, -0.15) is 0 Å². The number of aliphatic hydroxyl groups is 2. The minimum Gasteiger partial charge on any atom is -0.487 e. The number of hydrogen-bond donors (Lipinski definition) is 3. The van der Waals surface area contributed by atoms with Crippen molar-refractivity contribution in [2.75, 3.05) is 12.8 Å². The molecule has 0 spiro atoms. The van der Waals surface area contributed by atoms with E-state index >= 15 is 0 Å². The third-order valence-corrected chi connectivity index (χ3v) is 5.93. The second kappa shape index (κ2) is 6.65. The van der Waals surface area contributed by atoms with Gasteiger partial charge < -0.3 is 25.3 Å². The van der Waals surface area contributed by atoms with Crippen LogP contribution < -0.4 is 10.5 Å². The summed E-state index contributed by atoms with van der Waals surface area (Å²) < 4.78 is 22.1. The molecular formula is C20H22FN5O3. The SMILES string of the molecule is CN1Cc2cccc(O[C@H]3C[C@@H](n4cc(F)c5c(N)ncnc54)[C@H](O)[C@@H]3O)c2C1. The molecule has 0 amide bonds. The number of nitrogens with two attached hydrogens (primary N) is 1. The van der Waals surface area contributed by atoms with Crippen molar-refractivity contribution in [3.8, 4) is 5.75 Å². The van der Waals surface area contributed by atoms with Gasteiger partial charge in [-0.05, 0) is 18.7 Å². The van der Waals surface area contributed by atoms with E-state index in [2.05, 4.69) is 20.9 Å². The lowest BCUT2D eigenvalue weighted by atomic mass is 10.1. The van der Waals surface area contributed by atoms with E-state index in [0.717, 1.165) is 18.7 Å². The third kappa shape index (κ3) is 2.85. The molecule has 0 bridgehead atoms. The fraction of sp³-hybridized carbons (Fsp3) is 0.400. The lowest BCUT2D eigenvalue weighted by Gasteiger charge is -2.20. The summed E-state index contributed by atoms with van der Waals surface area (Å²) in [5, 5.41) is 21.4. The lowest BCUT2D eigenvalue weighted by molar-refractivity contribution is -0.0166. The standard InChI is InChI=1S/C20H22FN5O3/c1-25-6-10-3-2-4-14(11(10)7-25)29-15-5-13(17(27)18(15)28)26-8-12(21)16-19(22)23-9-24-20(16)26/h2-4,8-9,13,15,17-18,27-28H,5-7H2,1H3,(H2,22,23,24)/t13-,15+,17+,18-/m1/s1. The first-order chi connectivity index (χ1) is 13.9. The zero-order valence-electron chi connectivity index (χ0n) is 15.9. The van der Waals surface area contributed by atoms with E-state index in [-0.39, 0.29) is 16.9 Å². The molecule has 0 saturated heterocycles. The number of nitrogens with zero attached hydrogens (tertiary/aromatic N) is 4. The van der Waals surface area contributed by atoms with E-state index in [1.54, 1.807) is 0 Å². The molecule has 8 nitrogen and oxygen atoms in total. The van der Waals surface area contributed by atoms with Crippen molar-refractivity contribution in [2.24, 2.45) is 0 Å². The molecule has 152 valence electrons. The van der Waals surface area contributed by atoms with Crippen molar-refractivity contribution in [1.82, 2.24) is 19.4 Å². The van der Waals surface area contributed by atoms with Gasteiger partial charge in [-0.25, -0.2) is 14.4 Å². The zero-order chi connectivity index (χ0) is 20.3. The van der Waals surface area contributed by atoms with Gasteiger partial charge in [-0.15, -0.1) is 0 Å². The van der Waals surface area contributed by atoms with Gasteiger partial charge in [0.1, 0.15) is 41.9 Å². The summed E-state index contributed by atoms with van der Waals surface area (Å²) in [6.07, 6.45) is -0.0844. The maximum Gasteiger partial charge on any atom is 0.154 e. The molecular weight excluding hydrogens is 377 g/mol. The van der Waals surface area contributed by atoms with Crippen LogP contribution in [0.4, 0.5) is 10.2 Å². The van der Waals surface area contributed by atoms with Gasteiger partial charge in [0.15, 0.2) is 5.82 Å². The summed E-state index contributed by atoms with van der Waals surface area (Å²) in [7, 11) is 2.03. The average Bonchev–Trinajstić information content (AvgIpc) is 3.32. The molecule has 2 aliphatic rings. The highest BCUT2D eigenvalue weighted by Gasteiger charge is 2.45. The number of rotatable bonds is 3. The first-order valence-corrected chi connectivity index (χ1v) is 9.52. The molecule has 3 heterocycles. The molecule has 2 aromatic heterocycles. The molecule has 1 aliphatic carbocycles. The van der Waals surface area contributed by atoms with Crippen LogP contribution in [0.15, 0.2) is 30.7 Å². The first kappa shape index (κ1) is 18.3. The Balaban J connectivity index is 1.45. The lowest BCUT2D eigenvalue weighted by Crippen LogP contribution is -2.34. The highest BCUT2D eigenvalue weighted by molar-refractivity contribution is 5.86. The fourth-order valence-corrected chi connectivity index (χ4v) is 4.50. The van der Waals surface area contributed by atoms with Crippen LogP contribution in [0.3, 0.4) is 0 Å². The second-order valence-corrected chi connectivity index (χ2v) is 7.85. The van der Waals surface area contributed by atoms with Crippen LogP contribution in [0, 0.1) is 5.82 Å². The Kier molecular flexibility index (Phi) is 4.19. The number of nitrogen functional groups attached to an aromatic ring is 1. The van der Waals surface area contributed by atoms with Crippen LogP contribution in [-0.4, -0.2) is 55.0 Å². The maximum atomic E-state index is 14.4. The highest BCUT2D eigenvalue weighted by Crippen LogP contribution is 2.39.